The van der Waals surface area contributed by atoms with E-state index in [0.29, 0.717) is 17.8 Å². The number of hydrogen-bond donors (Lipinski definition) is 2. The molecule has 3 rings (SSSR count). The minimum absolute atomic E-state index is 0.00505. The molecule has 2 N–H and O–H groups in total. The Hall–Kier alpha value is -2.91. The lowest BCUT2D eigenvalue weighted by Crippen LogP contribution is -2.54. The molecule has 158 valence electrons. The first-order valence-electron chi connectivity index (χ1n) is 9.75. The number of imide groups is 1. The standard InChI is InChI=1S/C19H27N5O5/c1-11-7-5-6-8-19(11)17(27)24(18(28)21-19)9-15(26)29-10-14(25)20-16-12(2)22-23(4)13(16)3/h11H,5-10H2,1-4H3,(H,20,25)(H,21,28)/t11-,19+/m0/s1. The lowest BCUT2D eigenvalue weighted by Gasteiger charge is -2.36. The number of nitrogens with one attached hydrogen (secondary N) is 2. The third-order valence-corrected chi connectivity index (χ3v) is 5.93. The number of aromatic nitrogens is 2. The summed E-state index contributed by atoms with van der Waals surface area (Å²) in [6.07, 6.45) is 3.27. The largest absolute Gasteiger partial charge is 0.454 e. The number of anilines is 1. The summed E-state index contributed by atoms with van der Waals surface area (Å²) in [5.41, 5.74) is 1.06. The highest BCUT2D eigenvalue weighted by Crippen LogP contribution is 2.38. The number of amides is 4. The van der Waals surface area contributed by atoms with Gasteiger partial charge in [0, 0.05) is 7.05 Å². The molecule has 0 radical (unpaired) electrons. The number of nitrogens with zero attached hydrogens (tertiary/aromatic N) is 3. The number of ether oxygens (including phenoxy) is 1. The minimum atomic E-state index is -0.928. The molecule has 4 amide bonds. The van der Waals surface area contributed by atoms with E-state index in [0.717, 1.165) is 29.9 Å². The molecular formula is C19H27N5O5. The smallest absolute Gasteiger partial charge is 0.326 e. The molecule has 1 aromatic heterocycles. The lowest BCUT2D eigenvalue weighted by atomic mass is 9.73. The topological polar surface area (TPSA) is 123 Å². The van der Waals surface area contributed by atoms with Gasteiger partial charge in [-0.25, -0.2) is 4.79 Å². The van der Waals surface area contributed by atoms with Gasteiger partial charge in [0.1, 0.15) is 12.1 Å². The molecule has 2 aliphatic rings. The second kappa shape index (κ2) is 7.84. The zero-order chi connectivity index (χ0) is 21.3. The van der Waals surface area contributed by atoms with Gasteiger partial charge in [0.25, 0.3) is 11.8 Å². The van der Waals surface area contributed by atoms with E-state index >= 15 is 0 Å². The highest BCUT2D eigenvalue weighted by molar-refractivity contribution is 6.09. The van der Waals surface area contributed by atoms with Gasteiger partial charge in [0.05, 0.1) is 17.1 Å². The summed E-state index contributed by atoms with van der Waals surface area (Å²) in [4.78, 5) is 50.3. The van der Waals surface area contributed by atoms with Gasteiger partial charge in [-0.05, 0) is 32.6 Å². The molecule has 1 aliphatic heterocycles. The fourth-order valence-electron chi connectivity index (χ4n) is 4.09. The molecule has 1 saturated heterocycles. The van der Waals surface area contributed by atoms with E-state index in [9.17, 15) is 19.2 Å². The van der Waals surface area contributed by atoms with Crippen LogP contribution in [0.2, 0.25) is 0 Å². The third kappa shape index (κ3) is 3.83. The van der Waals surface area contributed by atoms with Crippen LogP contribution in [0.1, 0.15) is 44.0 Å². The van der Waals surface area contributed by atoms with Crippen molar-refractivity contribution in [2.45, 2.75) is 52.0 Å². The molecule has 1 spiro atoms. The Bertz CT molecular complexity index is 863. The second-order valence-electron chi connectivity index (χ2n) is 7.82. The van der Waals surface area contributed by atoms with Crippen molar-refractivity contribution in [3.63, 3.8) is 0 Å². The van der Waals surface area contributed by atoms with Crippen LogP contribution in [0.15, 0.2) is 0 Å². The van der Waals surface area contributed by atoms with Gasteiger partial charge in [-0.1, -0.05) is 19.8 Å². The molecule has 0 bridgehead atoms. The number of carbonyl (C=O) groups excluding carboxylic acids is 4. The normalized spacial score (nSPS) is 24.0. The Labute approximate surface area is 168 Å². The molecule has 10 heteroatoms. The number of urea groups is 1. The summed E-state index contributed by atoms with van der Waals surface area (Å²) in [6, 6.07) is -0.591. The van der Waals surface area contributed by atoms with Crippen LogP contribution >= 0.6 is 0 Å². The minimum Gasteiger partial charge on any atom is -0.454 e. The third-order valence-electron chi connectivity index (χ3n) is 5.93. The predicted octanol–water partition coefficient (Wildman–Crippen LogP) is 1.02. The summed E-state index contributed by atoms with van der Waals surface area (Å²) in [5.74, 6) is -1.72. The van der Waals surface area contributed by atoms with Crippen LogP contribution < -0.4 is 10.6 Å². The summed E-state index contributed by atoms with van der Waals surface area (Å²) >= 11 is 0. The molecule has 1 aromatic rings. The molecule has 2 fully saturated rings. The lowest BCUT2D eigenvalue weighted by molar-refractivity contribution is -0.150. The molecule has 0 aromatic carbocycles. The van der Waals surface area contributed by atoms with Crippen molar-refractivity contribution < 1.29 is 23.9 Å². The number of carbonyl (C=O) groups is 4. The molecular weight excluding hydrogens is 378 g/mol. The monoisotopic (exact) mass is 405 g/mol. The average Bonchev–Trinajstić information content (AvgIpc) is 3.04. The van der Waals surface area contributed by atoms with E-state index in [-0.39, 0.29) is 5.92 Å². The van der Waals surface area contributed by atoms with E-state index in [1.807, 2.05) is 6.92 Å². The first-order chi connectivity index (χ1) is 13.7. The molecule has 2 heterocycles. The number of esters is 1. The van der Waals surface area contributed by atoms with Crippen LogP contribution in [-0.4, -0.2) is 57.2 Å². The van der Waals surface area contributed by atoms with Gasteiger partial charge >= 0.3 is 12.0 Å². The van der Waals surface area contributed by atoms with Gasteiger partial charge in [-0.3, -0.25) is 24.0 Å². The molecule has 2 atom stereocenters. The number of aryl methyl sites for hydroxylation is 2. The van der Waals surface area contributed by atoms with E-state index in [2.05, 4.69) is 15.7 Å². The molecule has 1 saturated carbocycles. The maximum atomic E-state index is 12.8. The van der Waals surface area contributed by atoms with E-state index in [1.54, 1.807) is 25.6 Å². The van der Waals surface area contributed by atoms with Gasteiger partial charge in [0.15, 0.2) is 6.61 Å². The molecule has 0 unspecified atom stereocenters. The summed E-state index contributed by atoms with van der Waals surface area (Å²) < 4.78 is 6.61. The van der Waals surface area contributed by atoms with Crippen molar-refractivity contribution in [2.24, 2.45) is 13.0 Å². The fourth-order valence-corrected chi connectivity index (χ4v) is 4.09. The van der Waals surface area contributed by atoms with Crippen molar-refractivity contribution in [3.8, 4) is 0 Å². The van der Waals surface area contributed by atoms with Gasteiger partial charge in [-0.2, -0.15) is 5.10 Å². The maximum absolute atomic E-state index is 12.8. The van der Waals surface area contributed by atoms with Crippen LogP contribution in [0.25, 0.3) is 0 Å². The highest BCUT2D eigenvalue weighted by Gasteiger charge is 2.55. The van der Waals surface area contributed by atoms with Crippen LogP contribution in [-0.2, 0) is 26.2 Å². The Morgan fingerprint density at radius 3 is 2.66 bits per heavy atom. The Balaban J connectivity index is 1.55. The average molecular weight is 405 g/mol. The van der Waals surface area contributed by atoms with Crippen LogP contribution in [0, 0.1) is 19.8 Å². The van der Waals surface area contributed by atoms with Gasteiger partial charge in [0.2, 0.25) is 0 Å². The summed E-state index contributed by atoms with van der Waals surface area (Å²) in [5, 5.41) is 9.63. The van der Waals surface area contributed by atoms with Gasteiger partial charge in [-0.15, -0.1) is 0 Å². The van der Waals surface area contributed by atoms with Crippen molar-refractivity contribution >= 4 is 29.5 Å². The highest BCUT2D eigenvalue weighted by atomic mass is 16.5. The Morgan fingerprint density at radius 2 is 2.03 bits per heavy atom. The van der Waals surface area contributed by atoms with Crippen LogP contribution in [0.3, 0.4) is 0 Å². The molecule has 1 aliphatic carbocycles. The molecule has 10 nitrogen and oxygen atoms in total. The Kier molecular flexibility index (Phi) is 5.63. The van der Waals surface area contributed by atoms with Crippen molar-refractivity contribution in [1.29, 1.82) is 0 Å². The van der Waals surface area contributed by atoms with E-state index in [1.165, 1.54) is 0 Å². The maximum Gasteiger partial charge on any atom is 0.326 e. The number of hydrogen-bond acceptors (Lipinski definition) is 6. The van der Waals surface area contributed by atoms with Crippen molar-refractivity contribution in [1.82, 2.24) is 20.0 Å². The first kappa shape index (κ1) is 20.8. The second-order valence-corrected chi connectivity index (χ2v) is 7.82. The Morgan fingerprint density at radius 1 is 1.31 bits per heavy atom. The van der Waals surface area contributed by atoms with Crippen molar-refractivity contribution in [3.05, 3.63) is 11.4 Å². The summed E-state index contributed by atoms with van der Waals surface area (Å²) in [7, 11) is 1.76. The molecule has 29 heavy (non-hydrogen) atoms. The predicted molar refractivity (Wildman–Crippen MR) is 103 cm³/mol. The number of rotatable bonds is 5. The van der Waals surface area contributed by atoms with E-state index in [4.69, 9.17) is 4.74 Å². The quantitative estimate of drug-likeness (QED) is 0.557. The van der Waals surface area contributed by atoms with Crippen LogP contribution in [0.5, 0.6) is 0 Å². The summed E-state index contributed by atoms with van der Waals surface area (Å²) in [6.45, 7) is 4.47. The van der Waals surface area contributed by atoms with Crippen LogP contribution in [0.4, 0.5) is 10.5 Å². The SMILES string of the molecule is Cc1nn(C)c(C)c1NC(=O)COC(=O)CN1C(=O)N[C@@]2(CCCC[C@@H]2C)C1=O. The van der Waals surface area contributed by atoms with Crippen molar-refractivity contribution in [2.75, 3.05) is 18.5 Å². The first-order valence-corrected chi connectivity index (χ1v) is 9.75. The zero-order valence-corrected chi connectivity index (χ0v) is 17.2. The van der Waals surface area contributed by atoms with Gasteiger partial charge < -0.3 is 15.4 Å². The zero-order valence-electron chi connectivity index (χ0n) is 17.2. The van der Waals surface area contributed by atoms with E-state index < -0.39 is 42.5 Å². The fraction of sp³-hybridized carbons (Fsp3) is 0.632.